The van der Waals surface area contributed by atoms with Crippen molar-refractivity contribution in [3.8, 4) is 11.5 Å². The average molecular weight is 340 g/mol. The molecule has 0 atom stereocenters. The third-order valence-electron chi connectivity index (χ3n) is 3.73. The van der Waals surface area contributed by atoms with Gasteiger partial charge in [0.05, 0.1) is 6.21 Å². The number of ether oxygens (including phenoxy) is 2. The van der Waals surface area contributed by atoms with Gasteiger partial charge in [-0.2, -0.15) is 19.4 Å². The van der Waals surface area contributed by atoms with Gasteiger partial charge in [-0.15, -0.1) is 10.2 Å². The summed E-state index contributed by atoms with van der Waals surface area (Å²) < 4.78 is 13.3. The Morgan fingerprint density at radius 3 is 2.84 bits per heavy atom. The number of hydrogen-bond acceptors (Lipinski definition) is 7. The molecule has 0 saturated heterocycles. The summed E-state index contributed by atoms with van der Waals surface area (Å²) in [6.45, 7) is 5.95. The van der Waals surface area contributed by atoms with Crippen molar-refractivity contribution in [1.29, 1.82) is 0 Å². The zero-order valence-electron chi connectivity index (χ0n) is 14.0. The lowest BCUT2D eigenvalue weighted by Gasteiger charge is -2.16. The average Bonchev–Trinajstić information content (AvgIpc) is 3.20. The molecule has 9 heteroatoms. The molecule has 9 nitrogen and oxygen atoms in total. The van der Waals surface area contributed by atoms with Crippen LogP contribution < -0.4 is 15.0 Å². The summed E-state index contributed by atoms with van der Waals surface area (Å²) in [5.41, 5.74) is 0.376. The van der Waals surface area contributed by atoms with Crippen molar-refractivity contribution in [1.82, 2.24) is 24.5 Å². The largest absolute Gasteiger partial charge is 0.454 e. The summed E-state index contributed by atoms with van der Waals surface area (Å²) in [7, 11) is 0. The van der Waals surface area contributed by atoms with Gasteiger partial charge < -0.3 is 9.47 Å². The topological polar surface area (TPSA) is 95.9 Å². The second kappa shape index (κ2) is 5.40. The van der Waals surface area contributed by atoms with Crippen molar-refractivity contribution in [2.24, 2.45) is 5.10 Å². The Bertz CT molecular complexity index is 1040. The number of benzene rings is 1. The summed E-state index contributed by atoms with van der Waals surface area (Å²) in [5, 5.41) is 16.3. The predicted octanol–water partition coefficient (Wildman–Crippen LogP) is 1.19. The first-order valence-corrected chi connectivity index (χ1v) is 7.71. The number of fused-ring (bicyclic) bond motifs is 2. The van der Waals surface area contributed by atoms with Crippen LogP contribution in [0.1, 0.15) is 32.0 Å². The van der Waals surface area contributed by atoms with E-state index in [1.54, 1.807) is 18.3 Å². The Morgan fingerprint density at radius 1 is 1.24 bits per heavy atom. The minimum absolute atomic E-state index is 0.203. The van der Waals surface area contributed by atoms with Crippen LogP contribution in [-0.2, 0) is 5.41 Å². The van der Waals surface area contributed by atoms with Gasteiger partial charge in [0, 0.05) is 5.41 Å². The first-order chi connectivity index (χ1) is 11.9. The maximum atomic E-state index is 12.8. The molecule has 0 bridgehead atoms. The quantitative estimate of drug-likeness (QED) is 0.650. The highest BCUT2D eigenvalue weighted by atomic mass is 16.7. The van der Waals surface area contributed by atoms with Crippen molar-refractivity contribution in [3.05, 3.63) is 46.1 Å². The van der Waals surface area contributed by atoms with E-state index >= 15 is 0 Å². The van der Waals surface area contributed by atoms with Gasteiger partial charge in [0.2, 0.25) is 6.79 Å². The van der Waals surface area contributed by atoms with Gasteiger partial charge in [-0.1, -0.05) is 20.8 Å². The number of aromatic nitrogens is 5. The van der Waals surface area contributed by atoms with E-state index in [1.807, 2.05) is 26.8 Å². The molecule has 4 rings (SSSR count). The standard InChI is InChI=1S/C16H16N6O3/c1-16(2,3)13-14(23)22(15-19-17-8-21(15)20-13)18-7-10-4-5-11-12(6-10)25-9-24-11/h4-8H,9H2,1-3H3. The molecule has 0 radical (unpaired) electrons. The second-order valence-electron chi connectivity index (χ2n) is 6.65. The Hall–Kier alpha value is -3.23. The highest BCUT2D eigenvalue weighted by Gasteiger charge is 2.23. The van der Waals surface area contributed by atoms with Gasteiger partial charge in [-0.25, -0.2) is 0 Å². The number of hydrogen-bond donors (Lipinski definition) is 0. The van der Waals surface area contributed by atoms with E-state index in [1.165, 1.54) is 15.5 Å². The van der Waals surface area contributed by atoms with E-state index in [9.17, 15) is 4.79 Å². The Balaban J connectivity index is 1.82. The highest BCUT2D eigenvalue weighted by Crippen LogP contribution is 2.32. The summed E-state index contributed by atoms with van der Waals surface area (Å²) in [6, 6.07) is 5.42. The second-order valence-corrected chi connectivity index (χ2v) is 6.65. The maximum absolute atomic E-state index is 12.8. The molecule has 3 heterocycles. The Morgan fingerprint density at radius 2 is 2.04 bits per heavy atom. The predicted molar refractivity (Wildman–Crippen MR) is 89.3 cm³/mol. The molecule has 3 aromatic rings. The molecule has 0 saturated carbocycles. The lowest BCUT2D eigenvalue weighted by atomic mass is 9.93. The van der Waals surface area contributed by atoms with Crippen LogP contribution in [0.15, 0.2) is 34.4 Å². The van der Waals surface area contributed by atoms with Crippen molar-refractivity contribution in [2.75, 3.05) is 6.79 Å². The first-order valence-electron chi connectivity index (χ1n) is 7.71. The molecule has 0 N–H and O–H groups in total. The SMILES string of the molecule is CC(C)(C)c1nn2cnnc2n(N=Cc2ccc3c(c2)OCO3)c1=O. The lowest BCUT2D eigenvalue weighted by molar-refractivity contribution is 0.174. The van der Waals surface area contributed by atoms with Crippen molar-refractivity contribution < 1.29 is 9.47 Å². The van der Waals surface area contributed by atoms with Crippen LogP contribution in [0.5, 0.6) is 11.5 Å². The third-order valence-corrected chi connectivity index (χ3v) is 3.73. The van der Waals surface area contributed by atoms with Crippen molar-refractivity contribution >= 4 is 12.0 Å². The maximum Gasteiger partial charge on any atom is 0.298 e. The number of nitrogens with zero attached hydrogens (tertiary/aromatic N) is 6. The van der Waals surface area contributed by atoms with E-state index < -0.39 is 5.41 Å². The highest BCUT2D eigenvalue weighted by molar-refractivity contribution is 5.81. The summed E-state index contributed by atoms with van der Waals surface area (Å²) in [5.74, 6) is 1.58. The minimum atomic E-state index is -0.439. The molecular formula is C16H16N6O3. The molecule has 2 aromatic heterocycles. The van der Waals surface area contributed by atoms with Crippen molar-refractivity contribution in [2.45, 2.75) is 26.2 Å². The van der Waals surface area contributed by atoms with Crippen LogP contribution in [0.25, 0.3) is 5.78 Å². The van der Waals surface area contributed by atoms with E-state index in [0.29, 0.717) is 17.2 Å². The Labute approximate surface area is 142 Å². The first kappa shape index (κ1) is 15.3. The fraction of sp³-hybridized carbons (Fsp3) is 0.312. The molecule has 0 aliphatic carbocycles. The lowest BCUT2D eigenvalue weighted by Crippen LogP contribution is -2.33. The number of rotatable bonds is 2. The van der Waals surface area contributed by atoms with Gasteiger partial charge >= 0.3 is 0 Å². The van der Waals surface area contributed by atoms with Crippen LogP contribution in [0.4, 0.5) is 0 Å². The van der Waals surface area contributed by atoms with Crippen LogP contribution in [0.3, 0.4) is 0 Å². The molecule has 1 aliphatic rings. The van der Waals surface area contributed by atoms with Gasteiger partial charge in [-0.05, 0) is 23.8 Å². The minimum Gasteiger partial charge on any atom is -0.454 e. The fourth-order valence-electron chi connectivity index (χ4n) is 2.47. The zero-order chi connectivity index (χ0) is 17.6. The molecule has 0 fully saturated rings. The van der Waals surface area contributed by atoms with Gasteiger partial charge in [0.15, 0.2) is 11.5 Å². The molecule has 0 unspecified atom stereocenters. The zero-order valence-corrected chi connectivity index (χ0v) is 14.0. The molecule has 1 aliphatic heterocycles. The third kappa shape index (κ3) is 2.63. The summed E-state index contributed by atoms with van der Waals surface area (Å²) >= 11 is 0. The van der Waals surface area contributed by atoms with Gasteiger partial charge in [0.25, 0.3) is 11.3 Å². The van der Waals surface area contributed by atoms with E-state index in [0.717, 1.165) is 5.56 Å². The molecule has 25 heavy (non-hydrogen) atoms. The summed E-state index contributed by atoms with van der Waals surface area (Å²) in [4.78, 5) is 12.8. The van der Waals surface area contributed by atoms with Crippen LogP contribution in [-0.4, -0.2) is 37.5 Å². The van der Waals surface area contributed by atoms with Crippen LogP contribution >= 0.6 is 0 Å². The molecule has 0 spiro atoms. The van der Waals surface area contributed by atoms with E-state index in [4.69, 9.17) is 9.47 Å². The normalized spacial score (nSPS) is 13.9. The van der Waals surface area contributed by atoms with Gasteiger partial charge in [0.1, 0.15) is 12.0 Å². The fourth-order valence-corrected chi connectivity index (χ4v) is 2.47. The van der Waals surface area contributed by atoms with E-state index in [2.05, 4.69) is 20.4 Å². The summed E-state index contributed by atoms with van der Waals surface area (Å²) in [6.07, 6.45) is 3.00. The Kier molecular flexibility index (Phi) is 3.31. The molecule has 128 valence electrons. The molecular weight excluding hydrogens is 324 g/mol. The smallest absolute Gasteiger partial charge is 0.298 e. The van der Waals surface area contributed by atoms with E-state index in [-0.39, 0.29) is 18.1 Å². The molecule has 0 amide bonds. The van der Waals surface area contributed by atoms with Crippen LogP contribution in [0, 0.1) is 0 Å². The molecule has 1 aromatic carbocycles. The van der Waals surface area contributed by atoms with Crippen LogP contribution in [0.2, 0.25) is 0 Å². The van der Waals surface area contributed by atoms with Gasteiger partial charge in [-0.3, -0.25) is 4.79 Å². The monoisotopic (exact) mass is 340 g/mol. The van der Waals surface area contributed by atoms with Crippen molar-refractivity contribution in [3.63, 3.8) is 0 Å².